The molecule has 3 rings (SSSR count). The van der Waals surface area contributed by atoms with E-state index in [1.807, 2.05) is 48.5 Å². The van der Waals surface area contributed by atoms with Gasteiger partial charge in [0.25, 0.3) is 0 Å². The molecule has 1 aromatic heterocycles. The number of hydrogen-bond donors (Lipinski definition) is 0. The van der Waals surface area contributed by atoms with E-state index in [2.05, 4.69) is 10.2 Å². The van der Waals surface area contributed by atoms with E-state index in [0.717, 1.165) is 22.1 Å². The van der Waals surface area contributed by atoms with Crippen molar-refractivity contribution in [3.63, 3.8) is 0 Å². The maximum absolute atomic E-state index is 6.04. The molecule has 1 heterocycles. The van der Waals surface area contributed by atoms with Crippen molar-refractivity contribution in [2.75, 3.05) is 7.11 Å². The lowest BCUT2D eigenvalue weighted by Crippen LogP contribution is -1.99. The van der Waals surface area contributed by atoms with Crippen LogP contribution in [0.1, 0.15) is 5.56 Å². The first-order valence-corrected chi connectivity index (χ1v) is 6.82. The number of nitrogens with zero attached hydrogens (tertiary/aromatic N) is 2. The summed E-state index contributed by atoms with van der Waals surface area (Å²) >= 11 is 6.04. The Labute approximate surface area is 127 Å². The third kappa shape index (κ3) is 2.90. The summed E-state index contributed by atoms with van der Waals surface area (Å²) in [6.07, 6.45) is 0. The summed E-state index contributed by atoms with van der Waals surface area (Å²) in [7, 11) is 1.64. The Bertz CT molecular complexity index is 760. The lowest BCUT2D eigenvalue weighted by molar-refractivity contribution is 0.294. The van der Waals surface area contributed by atoms with Gasteiger partial charge in [-0.25, -0.2) is 0 Å². The molecule has 0 saturated heterocycles. The van der Waals surface area contributed by atoms with Crippen LogP contribution < -0.4 is 9.47 Å². The molecule has 0 radical (unpaired) electrons. The third-order valence-electron chi connectivity index (χ3n) is 3.14. The molecule has 0 fully saturated rings. The van der Waals surface area contributed by atoms with Crippen molar-refractivity contribution in [3.05, 3.63) is 59.2 Å². The molecule has 0 aliphatic heterocycles. The van der Waals surface area contributed by atoms with Gasteiger partial charge < -0.3 is 9.47 Å². The van der Waals surface area contributed by atoms with Crippen molar-refractivity contribution in [1.82, 2.24) is 10.2 Å². The molecule has 0 aliphatic rings. The number of aromatic nitrogens is 2. The predicted molar refractivity (Wildman–Crippen MR) is 81.9 cm³/mol. The maximum Gasteiger partial charge on any atom is 0.241 e. The molecule has 2 aromatic carbocycles. The van der Waals surface area contributed by atoms with Crippen LogP contribution in [-0.4, -0.2) is 17.3 Å². The lowest BCUT2D eigenvalue weighted by Gasteiger charge is -2.08. The Balaban J connectivity index is 1.83. The van der Waals surface area contributed by atoms with Crippen LogP contribution in [-0.2, 0) is 6.61 Å². The van der Waals surface area contributed by atoms with E-state index in [4.69, 9.17) is 21.1 Å². The van der Waals surface area contributed by atoms with Gasteiger partial charge in [0.15, 0.2) is 5.15 Å². The minimum absolute atomic E-state index is 0.377. The molecule has 0 N–H and O–H groups in total. The highest BCUT2D eigenvalue weighted by Gasteiger charge is 2.08. The second kappa shape index (κ2) is 5.97. The number of halogens is 1. The van der Waals surface area contributed by atoms with Crippen molar-refractivity contribution >= 4 is 22.4 Å². The Morgan fingerprint density at radius 1 is 0.952 bits per heavy atom. The average Bonchev–Trinajstić information content (AvgIpc) is 2.55. The van der Waals surface area contributed by atoms with Gasteiger partial charge in [0, 0.05) is 10.8 Å². The van der Waals surface area contributed by atoms with Gasteiger partial charge in [-0.15, -0.1) is 10.2 Å². The topological polar surface area (TPSA) is 44.2 Å². The molecule has 106 valence electrons. The normalized spacial score (nSPS) is 10.6. The van der Waals surface area contributed by atoms with E-state index in [0.29, 0.717) is 17.6 Å². The number of fused-ring (bicyclic) bond motifs is 1. The maximum atomic E-state index is 6.04. The first kappa shape index (κ1) is 13.6. The summed E-state index contributed by atoms with van der Waals surface area (Å²) in [4.78, 5) is 0. The second-order valence-corrected chi connectivity index (χ2v) is 4.84. The first-order valence-electron chi connectivity index (χ1n) is 6.44. The zero-order valence-electron chi connectivity index (χ0n) is 11.4. The molecule has 4 nitrogen and oxygen atoms in total. The second-order valence-electron chi connectivity index (χ2n) is 4.48. The standard InChI is InChI=1S/C16H13ClN2O2/c1-20-12-8-6-11(7-9-12)10-21-16-14-5-3-2-4-13(14)15(17)18-19-16/h2-9H,10H2,1H3. The van der Waals surface area contributed by atoms with Gasteiger partial charge in [-0.2, -0.15) is 0 Å². The minimum Gasteiger partial charge on any atom is -0.497 e. The molecule has 0 atom stereocenters. The number of rotatable bonds is 4. The Kier molecular flexibility index (Phi) is 3.88. The molecule has 0 spiro atoms. The van der Waals surface area contributed by atoms with Crippen molar-refractivity contribution in [1.29, 1.82) is 0 Å². The molecule has 21 heavy (non-hydrogen) atoms. The van der Waals surface area contributed by atoms with Gasteiger partial charge in [0.2, 0.25) is 5.88 Å². The van der Waals surface area contributed by atoms with Crippen molar-refractivity contribution in [3.8, 4) is 11.6 Å². The Hall–Kier alpha value is -2.33. The van der Waals surface area contributed by atoms with Gasteiger partial charge in [-0.05, 0) is 23.8 Å². The number of hydrogen-bond acceptors (Lipinski definition) is 4. The van der Waals surface area contributed by atoms with Crippen LogP contribution in [0.25, 0.3) is 10.8 Å². The van der Waals surface area contributed by atoms with Crippen LogP contribution >= 0.6 is 11.6 Å². The summed E-state index contributed by atoms with van der Waals surface area (Å²) < 4.78 is 10.9. The van der Waals surface area contributed by atoms with Crippen LogP contribution in [0.3, 0.4) is 0 Å². The number of ether oxygens (including phenoxy) is 2. The largest absolute Gasteiger partial charge is 0.497 e. The molecule has 3 aromatic rings. The highest BCUT2D eigenvalue weighted by Crippen LogP contribution is 2.27. The minimum atomic E-state index is 0.377. The summed E-state index contributed by atoms with van der Waals surface area (Å²) in [6.45, 7) is 0.407. The molecule has 0 amide bonds. The predicted octanol–water partition coefficient (Wildman–Crippen LogP) is 3.87. The monoisotopic (exact) mass is 300 g/mol. The van der Waals surface area contributed by atoms with Crippen molar-refractivity contribution in [2.45, 2.75) is 6.61 Å². The number of benzene rings is 2. The molecular formula is C16H13ClN2O2. The van der Waals surface area contributed by atoms with Crippen LogP contribution in [0, 0.1) is 0 Å². The van der Waals surface area contributed by atoms with Gasteiger partial charge in [0.05, 0.1) is 7.11 Å². The smallest absolute Gasteiger partial charge is 0.241 e. The zero-order chi connectivity index (χ0) is 14.7. The molecular weight excluding hydrogens is 288 g/mol. The number of methoxy groups -OCH3 is 1. The van der Waals surface area contributed by atoms with E-state index in [1.54, 1.807) is 7.11 Å². The van der Waals surface area contributed by atoms with Gasteiger partial charge in [-0.1, -0.05) is 41.9 Å². The van der Waals surface area contributed by atoms with Crippen LogP contribution in [0.15, 0.2) is 48.5 Å². The fourth-order valence-corrected chi connectivity index (χ4v) is 2.23. The summed E-state index contributed by atoms with van der Waals surface area (Å²) in [5.41, 5.74) is 1.02. The van der Waals surface area contributed by atoms with Crippen LogP contribution in [0.5, 0.6) is 11.6 Å². The van der Waals surface area contributed by atoms with Crippen molar-refractivity contribution in [2.24, 2.45) is 0 Å². The van der Waals surface area contributed by atoms with Crippen LogP contribution in [0.2, 0.25) is 5.15 Å². The fourth-order valence-electron chi connectivity index (χ4n) is 2.03. The first-order chi connectivity index (χ1) is 10.3. The average molecular weight is 301 g/mol. The molecule has 0 aliphatic carbocycles. The summed E-state index contributed by atoms with van der Waals surface area (Å²) in [6, 6.07) is 15.3. The lowest BCUT2D eigenvalue weighted by atomic mass is 10.2. The van der Waals surface area contributed by atoms with Gasteiger partial charge in [-0.3, -0.25) is 0 Å². The van der Waals surface area contributed by atoms with Crippen molar-refractivity contribution < 1.29 is 9.47 Å². The summed E-state index contributed by atoms with van der Waals surface area (Å²) in [5, 5.41) is 10.0. The quantitative estimate of drug-likeness (QED) is 0.733. The molecule has 5 heteroatoms. The van der Waals surface area contributed by atoms with E-state index < -0.39 is 0 Å². The van der Waals surface area contributed by atoms with E-state index >= 15 is 0 Å². The molecule has 0 saturated carbocycles. The third-order valence-corrected chi connectivity index (χ3v) is 3.42. The SMILES string of the molecule is COc1ccc(COc2nnc(Cl)c3ccccc23)cc1. The highest BCUT2D eigenvalue weighted by molar-refractivity contribution is 6.34. The fraction of sp³-hybridized carbons (Fsp3) is 0.125. The van der Waals surface area contributed by atoms with Crippen LogP contribution in [0.4, 0.5) is 0 Å². The Morgan fingerprint density at radius 3 is 2.38 bits per heavy atom. The highest BCUT2D eigenvalue weighted by atomic mass is 35.5. The van der Waals surface area contributed by atoms with E-state index in [-0.39, 0.29) is 0 Å². The van der Waals surface area contributed by atoms with E-state index in [9.17, 15) is 0 Å². The van der Waals surface area contributed by atoms with Gasteiger partial charge in [0.1, 0.15) is 12.4 Å². The molecule has 0 unspecified atom stereocenters. The summed E-state index contributed by atoms with van der Waals surface area (Å²) in [5.74, 6) is 1.29. The Morgan fingerprint density at radius 2 is 1.67 bits per heavy atom. The van der Waals surface area contributed by atoms with E-state index in [1.165, 1.54) is 0 Å². The molecule has 0 bridgehead atoms. The van der Waals surface area contributed by atoms with Gasteiger partial charge >= 0.3 is 0 Å². The zero-order valence-corrected chi connectivity index (χ0v) is 12.2.